The molecule has 1 saturated carbocycles. The second-order valence-corrected chi connectivity index (χ2v) is 4.59. The fourth-order valence-corrected chi connectivity index (χ4v) is 3.73. The van der Waals surface area contributed by atoms with Crippen LogP contribution in [0.5, 0.6) is 0 Å². The van der Waals surface area contributed by atoms with E-state index in [1.807, 2.05) is 0 Å². The maximum Gasteiger partial charge on any atom is 0.00783 e. The molecule has 2 fully saturated rings. The first kappa shape index (κ1) is 6.09. The number of hydrogen-bond acceptors (Lipinski definition) is 1. The van der Waals surface area contributed by atoms with E-state index in [1.54, 1.807) is 6.42 Å². The predicted molar refractivity (Wildman–Crippen MR) is 42.8 cm³/mol. The molecule has 1 heteroatoms. The van der Waals surface area contributed by atoms with Gasteiger partial charge in [0.1, 0.15) is 0 Å². The number of fused-ring (bicyclic) bond motifs is 1. The van der Waals surface area contributed by atoms with E-state index < -0.39 is 0 Å². The summed E-state index contributed by atoms with van der Waals surface area (Å²) in [6.07, 6.45) is 4.43. The molecule has 2 rings (SSSR count). The molecule has 0 N–H and O–H groups in total. The zero-order valence-electron chi connectivity index (χ0n) is 5.97. The quantitative estimate of drug-likeness (QED) is 0.571. The van der Waals surface area contributed by atoms with Crippen LogP contribution in [0.3, 0.4) is 0 Å². The van der Waals surface area contributed by atoms with Crippen LogP contribution in [0, 0.1) is 11.8 Å². The molecule has 0 amide bonds. The Morgan fingerprint density at radius 3 is 2.89 bits per heavy atom. The third-order valence-electron chi connectivity index (χ3n) is 2.55. The molecule has 2 aliphatic rings. The summed E-state index contributed by atoms with van der Waals surface area (Å²) in [7, 11) is 0. The lowest BCUT2D eigenvalue weighted by atomic mass is 10.1. The average Bonchev–Trinajstić information content (AvgIpc) is 2.54. The maximum absolute atomic E-state index is 2.30. The van der Waals surface area contributed by atoms with Crippen molar-refractivity contribution in [2.45, 2.75) is 31.4 Å². The lowest BCUT2D eigenvalue weighted by Gasteiger charge is -2.07. The first-order valence-electron chi connectivity index (χ1n) is 4.03. The monoisotopic (exact) mass is 142 g/mol. The Kier molecular flexibility index (Phi) is 1.48. The minimum Gasteiger partial charge on any atom is -0.158 e. The van der Waals surface area contributed by atoms with Crippen LogP contribution in [0.25, 0.3) is 0 Å². The van der Waals surface area contributed by atoms with Gasteiger partial charge in [-0.25, -0.2) is 0 Å². The summed E-state index contributed by atoms with van der Waals surface area (Å²) in [4.78, 5) is 0. The van der Waals surface area contributed by atoms with Crippen LogP contribution in [0.4, 0.5) is 0 Å². The van der Waals surface area contributed by atoms with Crippen molar-refractivity contribution < 1.29 is 0 Å². The van der Waals surface area contributed by atoms with E-state index in [-0.39, 0.29) is 0 Å². The van der Waals surface area contributed by atoms with Crippen LogP contribution in [0.2, 0.25) is 0 Å². The van der Waals surface area contributed by atoms with Crippen LogP contribution in [0.1, 0.15) is 26.2 Å². The molecule has 1 saturated heterocycles. The third-order valence-corrected chi connectivity index (χ3v) is 4.19. The van der Waals surface area contributed by atoms with Gasteiger partial charge in [-0.2, -0.15) is 11.8 Å². The van der Waals surface area contributed by atoms with E-state index in [9.17, 15) is 0 Å². The van der Waals surface area contributed by atoms with Gasteiger partial charge in [0.15, 0.2) is 0 Å². The minimum absolute atomic E-state index is 1.07. The van der Waals surface area contributed by atoms with E-state index in [2.05, 4.69) is 18.7 Å². The van der Waals surface area contributed by atoms with Crippen molar-refractivity contribution in [3.63, 3.8) is 0 Å². The Morgan fingerprint density at radius 2 is 2.44 bits per heavy atom. The summed E-state index contributed by atoms with van der Waals surface area (Å²) >= 11 is 2.22. The van der Waals surface area contributed by atoms with Crippen LogP contribution in [-0.2, 0) is 0 Å². The summed E-state index contributed by atoms with van der Waals surface area (Å²) in [5, 5.41) is 1.07. The molecule has 0 bridgehead atoms. The van der Waals surface area contributed by atoms with Crippen LogP contribution in [-0.4, -0.2) is 11.0 Å². The van der Waals surface area contributed by atoms with Crippen molar-refractivity contribution in [3.8, 4) is 0 Å². The second kappa shape index (κ2) is 2.19. The molecule has 0 spiro atoms. The number of hydrogen-bond donors (Lipinski definition) is 0. The van der Waals surface area contributed by atoms with Gasteiger partial charge in [0, 0.05) is 5.25 Å². The lowest BCUT2D eigenvalue weighted by molar-refractivity contribution is 0.663. The van der Waals surface area contributed by atoms with E-state index in [1.165, 1.54) is 18.6 Å². The van der Waals surface area contributed by atoms with E-state index >= 15 is 0 Å². The van der Waals surface area contributed by atoms with Gasteiger partial charge in [0.2, 0.25) is 0 Å². The third kappa shape index (κ3) is 1.000. The molecule has 3 unspecified atom stereocenters. The van der Waals surface area contributed by atoms with Gasteiger partial charge in [-0.05, 0) is 30.4 Å². The van der Waals surface area contributed by atoms with Gasteiger partial charge in [0.25, 0.3) is 0 Å². The molecule has 0 aromatic carbocycles. The Hall–Kier alpha value is 0.350. The SMILES string of the molecule is CCCC1SCC2CC21. The Balaban J connectivity index is 1.84. The second-order valence-electron chi connectivity index (χ2n) is 3.32. The van der Waals surface area contributed by atoms with Crippen LogP contribution in [0.15, 0.2) is 0 Å². The normalized spacial score (nSPS) is 47.0. The van der Waals surface area contributed by atoms with E-state index in [4.69, 9.17) is 0 Å². The molecule has 3 atom stereocenters. The highest BCUT2D eigenvalue weighted by Crippen LogP contribution is 2.55. The van der Waals surface area contributed by atoms with Gasteiger partial charge in [-0.15, -0.1) is 0 Å². The van der Waals surface area contributed by atoms with Crippen molar-refractivity contribution in [3.05, 3.63) is 0 Å². The van der Waals surface area contributed by atoms with Gasteiger partial charge in [-0.3, -0.25) is 0 Å². The van der Waals surface area contributed by atoms with Gasteiger partial charge in [-0.1, -0.05) is 13.3 Å². The highest BCUT2D eigenvalue weighted by Gasteiger charge is 2.47. The molecular weight excluding hydrogens is 128 g/mol. The molecule has 9 heavy (non-hydrogen) atoms. The zero-order chi connectivity index (χ0) is 6.27. The van der Waals surface area contributed by atoms with Crippen molar-refractivity contribution in [2.24, 2.45) is 11.8 Å². The Morgan fingerprint density at radius 1 is 1.56 bits per heavy atom. The molecule has 1 aliphatic carbocycles. The average molecular weight is 142 g/mol. The molecule has 0 aromatic heterocycles. The summed E-state index contributed by atoms with van der Waals surface area (Å²) in [6, 6.07) is 0. The molecule has 0 radical (unpaired) electrons. The summed E-state index contributed by atoms with van der Waals surface area (Å²) < 4.78 is 0. The first-order valence-corrected chi connectivity index (χ1v) is 5.08. The summed E-state index contributed by atoms with van der Waals surface area (Å²) in [5.41, 5.74) is 0. The fraction of sp³-hybridized carbons (Fsp3) is 1.00. The highest BCUT2D eigenvalue weighted by molar-refractivity contribution is 8.00. The molecule has 0 aromatic rings. The van der Waals surface area contributed by atoms with E-state index in [0.717, 1.165) is 17.1 Å². The Bertz CT molecular complexity index is 111. The molecular formula is C8H14S. The van der Waals surface area contributed by atoms with Crippen molar-refractivity contribution in [2.75, 3.05) is 5.75 Å². The van der Waals surface area contributed by atoms with E-state index in [0.29, 0.717) is 0 Å². The molecule has 52 valence electrons. The van der Waals surface area contributed by atoms with Crippen LogP contribution < -0.4 is 0 Å². The predicted octanol–water partition coefficient (Wildman–Crippen LogP) is 2.54. The molecule has 0 nitrogen and oxygen atoms in total. The highest BCUT2D eigenvalue weighted by atomic mass is 32.2. The topological polar surface area (TPSA) is 0 Å². The molecule has 1 heterocycles. The first-order chi connectivity index (χ1) is 4.42. The van der Waals surface area contributed by atoms with Gasteiger partial charge >= 0.3 is 0 Å². The fourth-order valence-electron chi connectivity index (χ4n) is 1.87. The zero-order valence-corrected chi connectivity index (χ0v) is 6.79. The van der Waals surface area contributed by atoms with Crippen molar-refractivity contribution in [1.82, 2.24) is 0 Å². The number of rotatable bonds is 2. The maximum atomic E-state index is 2.30. The standard InChI is InChI=1S/C8H14S/c1-2-3-8-7-4-6(7)5-9-8/h6-8H,2-5H2,1H3. The Labute approximate surface area is 61.4 Å². The summed E-state index contributed by atoms with van der Waals surface area (Å²) in [6.45, 7) is 2.30. The van der Waals surface area contributed by atoms with Crippen LogP contribution >= 0.6 is 11.8 Å². The van der Waals surface area contributed by atoms with Crippen molar-refractivity contribution >= 4 is 11.8 Å². The van der Waals surface area contributed by atoms with Crippen molar-refractivity contribution in [1.29, 1.82) is 0 Å². The summed E-state index contributed by atoms with van der Waals surface area (Å²) in [5.74, 6) is 3.80. The smallest absolute Gasteiger partial charge is 0.00783 e. The molecule has 1 aliphatic heterocycles. The lowest BCUT2D eigenvalue weighted by Crippen LogP contribution is -2.00. The largest absolute Gasteiger partial charge is 0.158 e. The van der Waals surface area contributed by atoms with Gasteiger partial charge < -0.3 is 0 Å². The number of thioether (sulfide) groups is 1. The van der Waals surface area contributed by atoms with Gasteiger partial charge in [0.05, 0.1) is 0 Å². The minimum atomic E-state index is 1.07.